The number of nitrogens with one attached hydrogen (secondary N) is 2. The van der Waals surface area contributed by atoms with Crippen LogP contribution in [0.25, 0.3) is 22.6 Å². The van der Waals surface area contributed by atoms with Gasteiger partial charge in [0.1, 0.15) is 5.75 Å². The molecule has 0 radical (unpaired) electrons. The van der Waals surface area contributed by atoms with Crippen LogP contribution < -0.4 is 20.3 Å². The maximum atomic E-state index is 12.9. The Morgan fingerprint density at radius 1 is 1.18 bits per heavy atom. The van der Waals surface area contributed by atoms with Gasteiger partial charge in [-0.2, -0.15) is 0 Å². The molecule has 174 valence electrons. The number of nitrogens with zero attached hydrogens (tertiary/aromatic N) is 3. The molecule has 2 N–H and O–H groups in total. The fourth-order valence-electron chi connectivity index (χ4n) is 4.12. The Morgan fingerprint density at radius 3 is 2.82 bits per heavy atom. The Morgan fingerprint density at radius 2 is 2.06 bits per heavy atom. The SMILES string of the molecule is COc1cc(Nc2ncc(-c3ccccc3N(C)C(=O)C3CCCN3)o2)ccc1-c1cnco1. The number of hydrogen-bond acceptors (Lipinski definition) is 8. The van der Waals surface area contributed by atoms with Crippen molar-refractivity contribution < 1.29 is 18.4 Å². The van der Waals surface area contributed by atoms with Crippen LogP contribution in [0.1, 0.15) is 12.8 Å². The molecular formula is C25H25N5O4. The maximum Gasteiger partial charge on any atom is 0.299 e. The number of rotatable bonds is 7. The number of benzene rings is 2. The molecular weight excluding hydrogens is 434 g/mol. The van der Waals surface area contributed by atoms with Crippen molar-refractivity contribution >= 4 is 23.3 Å². The number of ether oxygens (including phenoxy) is 1. The van der Waals surface area contributed by atoms with Crippen molar-refractivity contribution in [2.24, 2.45) is 0 Å². The van der Waals surface area contributed by atoms with Gasteiger partial charge in [0.25, 0.3) is 6.01 Å². The molecule has 1 saturated heterocycles. The van der Waals surface area contributed by atoms with E-state index >= 15 is 0 Å². The molecule has 0 bridgehead atoms. The van der Waals surface area contributed by atoms with Crippen molar-refractivity contribution in [3.63, 3.8) is 0 Å². The zero-order valence-corrected chi connectivity index (χ0v) is 18.9. The zero-order valence-electron chi connectivity index (χ0n) is 18.9. The quantitative estimate of drug-likeness (QED) is 0.417. The summed E-state index contributed by atoms with van der Waals surface area (Å²) >= 11 is 0. The molecule has 5 rings (SSSR count). The van der Waals surface area contributed by atoms with Gasteiger partial charge in [-0.1, -0.05) is 12.1 Å². The highest BCUT2D eigenvalue weighted by atomic mass is 16.5. The fraction of sp³-hybridized carbons (Fsp3) is 0.240. The predicted octanol–water partition coefficient (Wildman–Crippen LogP) is 4.46. The molecule has 1 atom stereocenters. The summed E-state index contributed by atoms with van der Waals surface area (Å²) in [4.78, 5) is 22.9. The van der Waals surface area contributed by atoms with Gasteiger partial charge in [-0.15, -0.1) is 0 Å². The standard InChI is InChI=1S/C25H25N5O4/c1-30(24(31)19-7-5-11-27-19)20-8-4-3-6-17(20)23-14-28-25(34-23)29-16-9-10-18(21(12-16)32-2)22-13-26-15-33-22/h3-4,6,8-10,12-15,19,27H,5,7,11H2,1-2H3,(H,28,29). The third-order valence-corrected chi connectivity index (χ3v) is 5.88. The molecule has 0 spiro atoms. The van der Waals surface area contributed by atoms with Gasteiger partial charge in [0.15, 0.2) is 17.9 Å². The minimum atomic E-state index is -0.153. The van der Waals surface area contributed by atoms with Gasteiger partial charge in [-0.05, 0) is 43.7 Å². The average Bonchev–Trinajstić information content (AvgIpc) is 3.66. The van der Waals surface area contributed by atoms with Gasteiger partial charge >= 0.3 is 0 Å². The van der Waals surface area contributed by atoms with Gasteiger partial charge in [-0.25, -0.2) is 9.97 Å². The Hall–Kier alpha value is -4.11. The first-order chi connectivity index (χ1) is 16.6. The summed E-state index contributed by atoms with van der Waals surface area (Å²) in [5.74, 6) is 1.84. The lowest BCUT2D eigenvalue weighted by molar-refractivity contribution is -0.119. The summed E-state index contributed by atoms with van der Waals surface area (Å²) in [6.45, 7) is 0.868. The monoisotopic (exact) mass is 459 g/mol. The molecule has 34 heavy (non-hydrogen) atoms. The van der Waals surface area contributed by atoms with Crippen LogP contribution in [0.3, 0.4) is 0 Å². The highest BCUT2D eigenvalue weighted by Crippen LogP contribution is 2.35. The lowest BCUT2D eigenvalue weighted by Gasteiger charge is -2.23. The number of anilines is 3. The highest BCUT2D eigenvalue weighted by Gasteiger charge is 2.27. The Kier molecular flexibility index (Phi) is 6.01. The van der Waals surface area contributed by atoms with Crippen LogP contribution in [-0.2, 0) is 4.79 Å². The summed E-state index contributed by atoms with van der Waals surface area (Å²) in [6, 6.07) is 13.4. The van der Waals surface area contributed by atoms with E-state index in [1.54, 1.807) is 31.5 Å². The molecule has 2 aromatic heterocycles. The smallest absolute Gasteiger partial charge is 0.299 e. The molecule has 1 aliphatic heterocycles. The summed E-state index contributed by atoms with van der Waals surface area (Å²) in [6.07, 6.45) is 6.51. The Bertz CT molecular complexity index is 1280. The summed E-state index contributed by atoms with van der Waals surface area (Å²) in [5.41, 5.74) is 3.08. The molecule has 0 aliphatic carbocycles. The van der Waals surface area contributed by atoms with Gasteiger partial charge < -0.3 is 29.1 Å². The molecule has 4 aromatic rings. The van der Waals surface area contributed by atoms with E-state index in [-0.39, 0.29) is 11.9 Å². The third-order valence-electron chi connectivity index (χ3n) is 5.88. The fourth-order valence-corrected chi connectivity index (χ4v) is 4.12. The molecule has 0 saturated carbocycles. The van der Waals surface area contributed by atoms with Crippen molar-refractivity contribution in [1.82, 2.24) is 15.3 Å². The van der Waals surface area contributed by atoms with Gasteiger partial charge in [0, 0.05) is 24.4 Å². The number of para-hydroxylation sites is 1. The van der Waals surface area contributed by atoms with E-state index in [9.17, 15) is 4.79 Å². The normalized spacial score (nSPS) is 15.3. The number of carbonyl (C=O) groups excluding carboxylic acids is 1. The van der Waals surface area contributed by atoms with Crippen LogP contribution in [0, 0.1) is 0 Å². The predicted molar refractivity (Wildman–Crippen MR) is 128 cm³/mol. The van der Waals surface area contributed by atoms with Crippen molar-refractivity contribution in [3.05, 3.63) is 61.3 Å². The second-order valence-corrected chi connectivity index (χ2v) is 8.00. The van der Waals surface area contributed by atoms with Gasteiger partial charge in [-0.3, -0.25) is 4.79 Å². The van der Waals surface area contributed by atoms with Crippen LogP contribution in [-0.4, -0.2) is 42.6 Å². The van der Waals surface area contributed by atoms with Crippen LogP contribution in [0.2, 0.25) is 0 Å². The van der Waals surface area contributed by atoms with Crippen molar-refractivity contribution in [3.8, 4) is 28.4 Å². The molecule has 3 heterocycles. The first-order valence-electron chi connectivity index (χ1n) is 11.0. The van der Waals surface area contributed by atoms with E-state index in [1.807, 2.05) is 42.5 Å². The Balaban J connectivity index is 1.37. The first kappa shape index (κ1) is 21.7. The number of oxazole rings is 2. The number of methoxy groups -OCH3 is 1. The van der Waals surface area contributed by atoms with E-state index in [0.717, 1.165) is 41.9 Å². The van der Waals surface area contributed by atoms with E-state index in [4.69, 9.17) is 13.6 Å². The van der Waals surface area contributed by atoms with E-state index in [2.05, 4.69) is 20.6 Å². The number of hydrogen-bond donors (Lipinski definition) is 2. The summed E-state index contributed by atoms with van der Waals surface area (Å²) < 4.78 is 16.9. The van der Waals surface area contributed by atoms with Crippen molar-refractivity contribution in [2.45, 2.75) is 18.9 Å². The van der Waals surface area contributed by atoms with Gasteiger partial charge in [0.05, 0.1) is 36.8 Å². The summed E-state index contributed by atoms with van der Waals surface area (Å²) in [7, 11) is 3.39. The highest BCUT2D eigenvalue weighted by molar-refractivity contribution is 6.00. The topological polar surface area (TPSA) is 106 Å². The molecule has 1 amide bonds. The molecule has 9 heteroatoms. The van der Waals surface area contributed by atoms with E-state index in [1.165, 1.54) is 6.39 Å². The minimum absolute atomic E-state index is 0.0433. The molecule has 1 unspecified atom stereocenters. The van der Waals surface area contributed by atoms with Crippen LogP contribution in [0.5, 0.6) is 5.75 Å². The lowest BCUT2D eigenvalue weighted by atomic mass is 10.1. The minimum Gasteiger partial charge on any atom is -0.496 e. The van der Waals surface area contributed by atoms with Crippen LogP contribution >= 0.6 is 0 Å². The summed E-state index contributed by atoms with van der Waals surface area (Å²) in [5, 5.41) is 6.43. The molecule has 1 aliphatic rings. The third kappa shape index (κ3) is 4.25. The Labute approximate surface area is 196 Å². The average molecular weight is 460 g/mol. The van der Waals surface area contributed by atoms with Crippen LogP contribution in [0.15, 0.2) is 70.1 Å². The van der Waals surface area contributed by atoms with Crippen LogP contribution in [0.4, 0.5) is 17.4 Å². The largest absolute Gasteiger partial charge is 0.496 e. The second-order valence-electron chi connectivity index (χ2n) is 8.00. The molecule has 2 aromatic carbocycles. The lowest BCUT2D eigenvalue weighted by Crippen LogP contribution is -2.41. The van der Waals surface area contributed by atoms with Crippen molar-refractivity contribution in [1.29, 1.82) is 0 Å². The number of likely N-dealkylation sites (N-methyl/N-ethyl adjacent to an activating group) is 1. The van der Waals surface area contributed by atoms with Crippen molar-refractivity contribution in [2.75, 3.05) is 30.9 Å². The van der Waals surface area contributed by atoms with E-state index < -0.39 is 0 Å². The molecule has 1 fully saturated rings. The van der Waals surface area contributed by atoms with Gasteiger partial charge in [0.2, 0.25) is 5.91 Å². The first-order valence-corrected chi connectivity index (χ1v) is 11.0. The maximum absolute atomic E-state index is 12.9. The van der Waals surface area contributed by atoms with E-state index in [0.29, 0.717) is 23.3 Å². The second kappa shape index (κ2) is 9.40. The molecule has 9 nitrogen and oxygen atoms in total. The number of aromatic nitrogens is 2. The zero-order chi connectivity index (χ0) is 23.5. The number of amides is 1. The number of carbonyl (C=O) groups is 1.